The second kappa shape index (κ2) is 6.49. The van der Waals surface area contributed by atoms with Crippen LogP contribution in [0.3, 0.4) is 0 Å². The second-order valence-corrected chi connectivity index (χ2v) is 8.56. The highest BCUT2D eigenvalue weighted by molar-refractivity contribution is 7.16. The van der Waals surface area contributed by atoms with Gasteiger partial charge in [-0.05, 0) is 35.4 Å². The number of ether oxygens (including phenoxy) is 1. The standard InChI is InChI=1S/C19H12Cl2FN3O2S/c20-11-3-1-2-10(4-11)7-25-17(26)12-5-14(15-13(22)6-23-18(21)24-15)28-16(12)19(25)8-27-9-19/h1-6H,7-9H2. The Morgan fingerprint density at radius 3 is 2.82 bits per heavy atom. The molecule has 0 radical (unpaired) electrons. The Hall–Kier alpha value is -2.06. The number of amides is 1. The van der Waals surface area contributed by atoms with E-state index < -0.39 is 11.4 Å². The summed E-state index contributed by atoms with van der Waals surface area (Å²) >= 11 is 13.3. The summed E-state index contributed by atoms with van der Waals surface area (Å²) < 4.78 is 19.7. The lowest BCUT2D eigenvalue weighted by molar-refractivity contribution is -0.126. The average molecular weight is 436 g/mol. The fourth-order valence-electron chi connectivity index (χ4n) is 3.62. The number of benzene rings is 1. The molecule has 2 aliphatic heterocycles. The second-order valence-electron chi connectivity index (χ2n) is 6.73. The molecule has 2 aliphatic rings. The summed E-state index contributed by atoms with van der Waals surface area (Å²) in [5.74, 6) is -0.687. The Kier molecular flexibility index (Phi) is 4.17. The van der Waals surface area contributed by atoms with E-state index in [-0.39, 0.29) is 16.9 Å². The Morgan fingerprint density at radius 1 is 1.29 bits per heavy atom. The van der Waals surface area contributed by atoms with Gasteiger partial charge in [-0.1, -0.05) is 23.7 Å². The first-order chi connectivity index (χ1) is 13.5. The minimum Gasteiger partial charge on any atom is -0.376 e. The first-order valence-electron chi connectivity index (χ1n) is 8.45. The third kappa shape index (κ3) is 2.65. The predicted octanol–water partition coefficient (Wildman–Crippen LogP) is 4.53. The highest BCUT2D eigenvalue weighted by atomic mass is 35.5. The fourth-order valence-corrected chi connectivity index (χ4v) is 5.27. The van der Waals surface area contributed by atoms with E-state index in [1.54, 1.807) is 12.1 Å². The first kappa shape index (κ1) is 18.0. The van der Waals surface area contributed by atoms with Gasteiger partial charge in [0.15, 0.2) is 5.82 Å². The van der Waals surface area contributed by atoms with Crippen molar-refractivity contribution in [3.8, 4) is 10.6 Å². The van der Waals surface area contributed by atoms with E-state index in [4.69, 9.17) is 27.9 Å². The van der Waals surface area contributed by atoms with E-state index >= 15 is 0 Å². The smallest absolute Gasteiger partial charge is 0.256 e. The van der Waals surface area contributed by atoms with Crippen LogP contribution in [0.1, 0.15) is 20.8 Å². The molecule has 28 heavy (non-hydrogen) atoms. The zero-order valence-electron chi connectivity index (χ0n) is 14.3. The number of fused-ring (bicyclic) bond motifs is 2. The normalized spacial score (nSPS) is 17.1. The molecule has 142 valence electrons. The van der Waals surface area contributed by atoms with E-state index in [9.17, 15) is 9.18 Å². The lowest BCUT2D eigenvalue weighted by Gasteiger charge is -2.45. The minimum absolute atomic E-state index is 0.0411. The molecule has 0 N–H and O–H groups in total. The zero-order chi connectivity index (χ0) is 19.5. The number of hydrogen-bond donors (Lipinski definition) is 0. The monoisotopic (exact) mass is 435 g/mol. The molecule has 1 saturated heterocycles. The molecule has 5 nitrogen and oxygen atoms in total. The third-order valence-corrected chi connectivity index (χ3v) is 6.76. The molecule has 2 aromatic heterocycles. The van der Waals surface area contributed by atoms with Crippen molar-refractivity contribution in [1.29, 1.82) is 0 Å². The van der Waals surface area contributed by atoms with Crippen molar-refractivity contribution < 1.29 is 13.9 Å². The van der Waals surface area contributed by atoms with Gasteiger partial charge in [0.1, 0.15) is 11.2 Å². The Bertz CT molecular complexity index is 1120. The van der Waals surface area contributed by atoms with Crippen molar-refractivity contribution in [2.75, 3.05) is 13.2 Å². The lowest BCUT2D eigenvalue weighted by Crippen LogP contribution is -2.56. The van der Waals surface area contributed by atoms with Crippen LogP contribution in [0, 0.1) is 5.82 Å². The van der Waals surface area contributed by atoms with Crippen molar-refractivity contribution >= 4 is 40.4 Å². The molecule has 0 atom stereocenters. The van der Waals surface area contributed by atoms with Crippen LogP contribution < -0.4 is 0 Å². The SMILES string of the molecule is O=C1c2cc(-c3nc(Cl)ncc3F)sc2C2(COC2)N1Cc1cccc(Cl)c1. The predicted molar refractivity (Wildman–Crippen MR) is 104 cm³/mol. The third-order valence-electron chi connectivity index (χ3n) is 5.01. The van der Waals surface area contributed by atoms with Gasteiger partial charge in [-0.3, -0.25) is 4.79 Å². The summed E-state index contributed by atoms with van der Waals surface area (Å²) in [6.07, 6.45) is 1.03. The molecule has 1 fully saturated rings. The molecular weight excluding hydrogens is 424 g/mol. The highest BCUT2D eigenvalue weighted by Gasteiger charge is 2.56. The van der Waals surface area contributed by atoms with E-state index in [1.807, 2.05) is 23.1 Å². The molecule has 4 heterocycles. The van der Waals surface area contributed by atoms with Gasteiger partial charge in [0, 0.05) is 16.4 Å². The summed E-state index contributed by atoms with van der Waals surface area (Å²) in [6, 6.07) is 9.12. The highest BCUT2D eigenvalue weighted by Crippen LogP contribution is 2.50. The van der Waals surface area contributed by atoms with Crippen molar-refractivity contribution in [3.63, 3.8) is 0 Å². The molecule has 0 aliphatic carbocycles. The fraction of sp³-hybridized carbons (Fsp3) is 0.211. The topological polar surface area (TPSA) is 55.3 Å². The van der Waals surface area contributed by atoms with Gasteiger partial charge in [-0.15, -0.1) is 11.3 Å². The van der Waals surface area contributed by atoms with Crippen molar-refractivity contribution in [1.82, 2.24) is 14.9 Å². The van der Waals surface area contributed by atoms with E-state index in [0.717, 1.165) is 16.6 Å². The number of aromatic nitrogens is 2. The van der Waals surface area contributed by atoms with Crippen LogP contribution in [0.4, 0.5) is 4.39 Å². The molecule has 9 heteroatoms. The molecule has 5 rings (SSSR count). The van der Waals surface area contributed by atoms with Crippen LogP contribution in [0.2, 0.25) is 10.3 Å². The molecule has 0 saturated carbocycles. The van der Waals surface area contributed by atoms with Crippen molar-refractivity contribution in [2.24, 2.45) is 0 Å². The molecular formula is C19H12Cl2FN3O2S. The van der Waals surface area contributed by atoms with Gasteiger partial charge in [-0.25, -0.2) is 14.4 Å². The summed E-state index contributed by atoms with van der Waals surface area (Å²) in [5.41, 5.74) is 1.06. The summed E-state index contributed by atoms with van der Waals surface area (Å²) in [5, 5.41) is 0.580. The van der Waals surface area contributed by atoms with Crippen LogP contribution in [0.15, 0.2) is 36.5 Å². The van der Waals surface area contributed by atoms with Gasteiger partial charge in [0.25, 0.3) is 5.91 Å². The van der Waals surface area contributed by atoms with Crippen LogP contribution in [-0.2, 0) is 16.8 Å². The molecule has 0 unspecified atom stereocenters. The van der Waals surface area contributed by atoms with Crippen LogP contribution in [0.5, 0.6) is 0 Å². The van der Waals surface area contributed by atoms with Gasteiger partial charge in [0.05, 0.1) is 29.9 Å². The van der Waals surface area contributed by atoms with Crippen LogP contribution in [0.25, 0.3) is 10.6 Å². The van der Waals surface area contributed by atoms with E-state index in [0.29, 0.717) is 35.2 Å². The number of carbonyl (C=O) groups excluding carboxylic acids is 1. The molecule has 1 spiro atoms. The van der Waals surface area contributed by atoms with Crippen molar-refractivity contribution in [2.45, 2.75) is 12.1 Å². The molecule has 1 amide bonds. The molecule has 1 aromatic carbocycles. The summed E-state index contributed by atoms with van der Waals surface area (Å²) in [6.45, 7) is 1.23. The lowest BCUT2D eigenvalue weighted by atomic mass is 9.95. The van der Waals surface area contributed by atoms with Gasteiger partial charge < -0.3 is 9.64 Å². The maximum atomic E-state index is 14.2. The van der Waals surface area contributed by atoms with E-state index in [2.05, 4.69) is 9.97 Å². The quantitative estimate of drug-likeness (QED) is 0.566. The number of thiophene rings is 1. The Balaban J connectivity index is 1.55. The number of halogens is 3. The summed E-state index contributed by atoms with van der Waals surface area (Å²) in [4.78, 5) is 24.0. The van der Waals surface area contributed by atoms with Crippen molar-refractivity contribution in [3.05, 3.63) is 68.7 Å². The van der Waals surface area contributed by atoms with Gasteiger partial charge in [-0.2, -0.15) is 0 Å². The number of carbonyl (C=O) groups is 1. The number of hydrogen-bond acceptors (Lipinski definition) is 5. The minimum atomic E-state index is -0.577. The summed E-state index contributed by atoms with van der Waals surface area (Å²) in [7, 11) is 0. The largest absolute Gasteiger partial charge is 0.376 e. The average Bonchev–Trinajstić information content (AvgIpc) is 3.15. The molecule has 0 bridgehead atoms. The van der Waals surface area contributed by atoms with Gasteiger partial charge >= 0.3 is 0 Å². The maximum absolute atomic E-state index is 14.2. The maximum Gasteiger partial charge on any atom is 0.256 e. The molecule has 3 aromatic rings. The number of rotatable bonds is 3. The zero-order valence-corrected chi connectivity index (χ0v) is 16.6. The van der Waals surface area contributed by atoms with Crippen LogP contribution in [-0.4, -0.2) is 34.0 Å². The van der Waals surface area contributed by atoms with Crippen LogP contribution >= 0.6 is 34.5 Å². The van der Waals surface area contributed by atoms with E-state index in [1.165, 1.54) is 11.3 Å². The Labute approximate surface area is 173 Å². The Morgan fingerprint density at radius 2 is 2.11 bits per heavy atom. The first-order valence-corrected chi connectivity index (χ1v) is 10.0. The van der Waals surface area contributed by atoms with Gasteiger partial charge in [0.2, 0.25) is 5.28 Å². The number of nitrogens with zero attached hydrogens (tertiary/aromatic N) is 3.